The van der Waals surface area contributed by atoms with Crippen LogP contribution in [0.3, 0.4) is 0 Å². The summed E-state index contributed by atoms with van der Waals surface area (Å²) in [4.78, 5) is 2.42. The molecule has 0 bridgehead atoms. The third kappa shape index (κ3) is 5.16. The molecular weight excluding hydrogens is 386 g/mol. The number of morpholine rings is 1. The fourth-order valence-corrected chi connectivity index (χ4v) is 4.41. The molecule has 1 saturated heterocycles. The fraction of sp³-hybridized carbons (Fsp3) is 0.333. The molecule has 1 aliphatic rings. The topological polar surface area (TPSA) is 41.9 Å². The van der Waals surface area contributed by atoms with Crippen molar-refractivity contribution in [2.45, 2.75) is 25.5 Å². The summed E-state index contributed by atoms with van der Waals surface area (Å²) in [6.45, 7) is 5.91. The Labute approximate surface area is 185 Å². The monoisotopic (exact) mass is 417 g/mol. The van der Waals surface area contributed by atoms with Gasteiger partial charge in [-0.1, -0.05) is 72.8 Å². The molecule has 0 amide bonds. The molecule has 2 unspecified atom stereocenters. The molecule has 3 aromatic carbocycles. The molecule has 1 N–H and O–H groups in total. The number of benzene rings is 3. The van der Waals surface area contributed by atoms with Gasteiger partial charge in [-0.05, 0) is 29.7 Å². The molecule has 3 aromatic rings. The molecule has 4 rings (SSSR count). The van der Waals surface area contributed by atoms with Gasteiger partial charge in [0.05, 0.1) is 25.9 Å². The van der Waals surface area contributed by atoms with Crippen LogP contribution in [-0.2, 0) is 11.3 Å². The number of para-hydroxylation sites is 1. The van der Waals surface area contributed by atoms with Crippen LogP contribution in [0.4, 0.5) is 0 Å². The summed E-state index contributed by atoms with van der Waals surface area (Å²) in [6.07, 6.45) is -0.0668. The lowest BCUT2D eigenvalue weighted by Crippen LogP contribution is -2.45. The van der Waals surface area contributed by atoms with E-state index in [-0.39, 0.29) is 18.6 Å². The zero-order valence-electron chi connectivity index (χ0n) is 18.1. The molecule has 1 aliphatic heterocycles. The standard InChI is InChI=1S/C27H31NO3/c1-2-30-26-15-9-8-14-24(26)22-12-6-7-13-23(22)25(20-29)27-19-28(16-17-31-27)18-21-10-4-3-5-11-21/h3-15,25,27,29H,2,16-20H2,1H3. The van der Waals surface area contributed by atoms with E-state index in [1.807, 2.05) is 43.3 Å². The van der Waals surface area contributed by atoms with Crippen LogP contribution in [-0.4, -0.2) is 49.0 Å². The first-order valence-electron chi connectivity index (χ1n) is 11.1. The number of ether oxygens (including phenoxy) is 2. The van der Waals surface area contributed by atoms with Crippen molar-refractivity contribution in [1.82, 2.24) is 4.90 Å². The van der Waals surface area contributed by atoms with E-state index in [0.29, 0.717) is 13.2 Å². The van der Waals surface area contributed by atoms with Crippen LogP contribution in [0.1, 0.15) is 24.0 Å². The zero-order chi connectivity index (χ0) is 21.5. The van der Waals surface area contributed by atoms with E-state index >= 15 is 0 Å². The number of nitrogens with zero attached hydrogens (tertiary/aromatic N) is 1. The number of hydrogen-bond acceptors (Lipinski definition) is 4. The van der Waals surface area contributed by atoms with Crippen LogP contribution >= 0.6 is 0 Å². The summed E-state index contributed by atoms with van der Waals surface area (Å²) in [5.74, 6) is 0.758. The Kier molecular flexibility index (Phi) is 7.36. The molecule has 0 aliphatic carbocycles. The maximum atomic E-state index is 10.4. The van der Waals surface area contributed by atoms with Gasteiger partial charge in [0.15, 0.2) is 0 Å². The van der Waals surface area contributed by atoms with Gasteiger partial charge in [0, 0.05) is 31.1 Å². The largest absolute Gasteiger partial charge is 0.493 e. The highest BCUT2D eigenvalue weighted by atomic mass is 16.5. The van der Waals surface area contributed by atoms with Crippen molar-refractivity contribution in [2.24, 2.45) is 0 Å². The molecule has 162 valence electrons. The molecule has 1 fully saturated rings. The summed E-state index contributed by atoms with van der Waals surface area (Å²) in [5, 5.41) is 10.4. The summed E-state index contributed by atoms with van der Waals surface area (Å²) in [7, 11) is 0. The average Bonchev–Trinajstić information content (AvgIpc) is 2.82. The summed E-state index contributed by atoms with van der Waals surface area (Å²) in [5.41, 5.74) is 4.54. The molecule has 4 heteroatoms. The van der Waals surface area contributed by atoms with Gasteiger partial charge in [0.1, 0.15) is 5.75 Å². The van der Waals surface area contributed by atoms with Gasteiger partial charge in [-0.2, -0.15) is 0 Å². The van der Waals surface area contributed by atoms with Crippen molar-refractivity contribution >= 4 is 0 Å². The lowest BCUT2D eigenvalue weighted by atomic mass is 9.86. The Balaban J connectivity index is 1.60. The highest BCUT2D eigenvalue weighted by Crippen LogP contribution is 2.37. The molecular formula is C27H31NO3. The van der Waals surface area contributed by atoms with Gasteiger partial charge >= 0.3 is 0 Å². The van der Waals surface area contributed by atoms with Crippen molar-refractivity contribution in [3.8, 4) is 16.9 Å². The Morgan fingerprint density at radius 2 is 1.68 bits per heavy atom. The highest BCUT2D eigenvalue weighted by molar-refractivity contribution is 5.74. The van der Waals surface area contributed by atoms with E-state index in [2.05, 4.69) is 47.4 Å². The minimum atomic E-state index is -0.107. The van der Waals surface area contributed by atoms with Crippen LogP contribution < -0.4 is 4.74 Å². The van der Waals surface area contributed by atoms with E-state index in [4.69, 9.17) is 9.47 Å². The van der Waals surface area contributed by atoms with Gasteiger partial charge < -0.3 is 14.6 Å². The Morgan fingerprint density at radius 1 is 0.968 bits per heavy atom. The van der Waals surface area contributed by atoms with Crippen molar-refractivity contribution in [3.63, 3.8) is 0 Å². The minimum absolute atomic E-state index is 0.0393. The maximum Gasteiger partial charge on any atom is 0.127 e. The maximum absolute atomic E-state index is 10.4. The van der Waals surface area contributed by atoms with E-state index in [1.165, 1.54) is 5.56 Å². The first-order chi connectivity index (χ1) is 15.3. The quantitative estimate of drug-likeness (QED) is 0.575. The van der Waals surface area contributed by atoms with Gasteiger partial charge in [-0.3, -0.25) is 4.90 Å². The molecule has 0 spiro atoms. The van der Waals surface area contributed by atoms with E-state index in [0.717, 1.165) is 42.1 Å². The van der Waals surface area contributed by atoms with E-state index in [9.17, 15) is 5.11 Å². The molecule has 31 heavy (non-hydrogen) atoms. The second-order valence-electron chi connectivity index (χ2n) is 7.94. The predicted octanol–water partition coefficient (Wildman–Crippen LogP) is 4.73. The zero-order valence-corrected chi connectivity index (χ0v) is 18.1. The van der Waals surface area contributed by atoms with Crippen LogP contribution in [0.25, 0.3) is 11.1 Å². The lowest BCUT2D eigenvalue weighted by Gasteiger charge is -2.37. The second-order valence-corrected chi connectivity index (χ2v) is 7.94. The molecule has 1 heterocycles. The highest BCUT2D eigenvalue weighted by Gasteiger charge is 2.30. The molecule has 4 nitrogen and oxygen atoms in total. The molecule has 0 saturated carbocycles. The number of aliphatic hydroxyl groups is 1. The van der Waals surface area contributed by atoms with Crippen molar-refractivity contribution < 1.29 is 14.6 Å². The Hall–Kier alpha value is -2.66. The van der Waals surface area contributed by atoms with Gasteiger partial charge in [-0.25, -0.2) is 0 Å². The van der Waals surface area contributed by atoms with Crippen LogP contribution in [0.15, 0.2) is 78.9 Å². The Bertz CT molecular complexity index is 959. The third-order valence-corrected chi connectivity index (χ3v) is 5.91. The van der Waals surface area contributed by atoms with Gasteiger partial charge in [0.2, 0.25) is 0 Å². The molecule has 0 aromatic heterocycles. The van der Waals surface area contributed by atoms with Crippen molar-refractivity contribution in [1.29, 1.82) is 0 Å². The first-order valence-corrected chi connectivity index (χ1v) is 11.1. The normalized spacial score (nSPS) is 17.9. The SMILES string of the molecule is CCOc1ccccc1-c1ccccc1C(CO)C1CN(Cc2ccccc2)CCO1. The number of hydrogen-bond donors (Lipinski definition) is 1. The third-order valence-electron chi connectivity index (χ3n) is 5.91. The van der Waals surface area contributed by atoms with E-state index < -0.39 is 0 Å². The first kappa shape index (κ1) is 21.6. The number of aliphatic hydroxyl groups excluding tert-OH is 1. The molecule has 2 atom stereocenters. The lowest BCUT2D eigenvalue weighted by molar-refractivity contribution is -0.0520. The summed E-state index contributed by atoms with van der Waals surface area (Å²) >= 11 is 0. The van der Waals surface area contributed by atoms with Crippen LogP contribution in [0.5, 0.6) is 5.75 Å². The van der Waals surface area contributed by atoms with Gasteiger partial charge in [0.25, 0.3) is 0 Å². The fourth-order valence-electron chi connectivity index (χ4n) is 4.41. The summed E-state index contributed by atoms with van der Waals surface area (Å²) < 4.78 is 12.1. The van der Waals surface area contributed by atoms with Crippen molar-refractivity contribution in [3.05, 3.63) is 90.0 Å². The van der Waals surface area contributed by atoms with E-state index in [1.54, 1.807) is 0 Å². The van der Waals surface area contributed by atoms with Gasteiger partial charge in [-0.15, -0.1) is 0 Å². The second kappa shape index (κ2) is 10.6. The predicted molar refractivity (Wildman–Crippen MR) is 124 cm³/mol. The minimum Gasteiger partial charge on any atom is -0.493 e. The average molecular weight is 418 g/mol. The van der Waals surface area contributed by atoms with Crippen molar-refractivity contribution in [2.75, 3.05) is 32.9 Å². The Morgan fingerprint density at radius 3 is 2.45 bits per heavy atom. The van der Waals surface area contributed by atoms with Crippen LogP contribution in [0.2, 0.25) is 0 Å². The smallest absolute Gasteiger partial charge is 0.127 e. The number of rotatable bonds is 8. The molecule has 0 radical (unpaired) electrons. The summed E-state index contributed by atoms with van der Waals surface area (Å²) in [6, 6.07) is 26.9. The van der Waals surface area contributed by atoms with Crippen LogP contribution in [0, 0.1) is 0 Å².